The van der Waals surface area contributed by atoms with E-state index in [1.54, 1.807) is 18.2 Å². The maximum atomic E-state index is 12.8. The molecule has 0 radical (unpaired) electrons. The summed E-state index contributed by atoms with van der Waals surface area (Å²) < 4.78 is 58.1. The van der Waals surface area contributed by atoms with Gasteiger partial charge in [-0.3, -0.25) is 9.10 Å². The third kappa shape index (κ3) is 5.99. The van der Waals surface area contributed by atoms with Gasteiger partial charge in [-0.25, -0.2) is 31.5 Å². The third-order valence-electron chi connectivity index (χ3n) is 4.64. The summed E-state index contributed by atoms with van der Waals surface area (Å²) in [7, 11) is -6.25. The van der Waals surface area contributed by atoms with Crippen LogP contribution in [0.3, 0.4) is 0 Å². The molecule has 0 bridgehead atoms. The van der Waals surface area contributed by atoms with Gasteiger partial charge in [-0.15, -0.1) is 0 Å². The Hall–Kier alpha value is -3.71. The first-order valence-electron chi connectivity index (χ1n) is 9.85. The number of aromatic nitrogens is 2. The van der Waals surface area contributed by atoms with Crippen molar-refractivity contribution in [1.82, 2.24) is 9.97 Å². The minimum Gasteiger partial charge on any atom is -0.497 e. The van der Waals surface area contributed by atoms with Gasteiger partial charge in [-0.1, -0.05) is 0 Å². The van der Waals surface area contributed by atoms with Crippen LogP contribution in [0.4, 0.5) is 17.3 Å². The van der Waals surface area contributed by atoms with E-state index in [-0.39, 0.29) is 16.5 Å². The Morgan fingerprint density at radius 2 is 1.56 bits per heavy atom. The molecule has 0 unspecified atom stereocenters. The summed E-state index contributed by atoms with van der Waals surface area (Å²) in [5, 5.41) is 2.61. The van der Waals surface area contributed by atoms with E-state index in [9.17, 15) is 21.6 Å². The van der Waals surface area contributed by atoms with E-state index in [0.29, 0.717) is 11.4 Å². The lowest BCUT2D eigenvalue weighted by Crippen LogP contribution is -2.45. The number of ether oxygens (including phenoxy) is 1. The van der Waals surface area contributed by atoms with Crippen LogP contribution in [0.25, 0.3) is 0 Å². The summed E-state index contributed by atoms with van der Waals surface area (Å²) in [4.78, 5) is 20.4. The lowest BCUT2D eigenvalue weighted by Gasteiger charge is -2.28. The number of carbonyl (C=O) groups excluding carboxylic acids is 1. The number of carbonyl (C=O) groups is 1. The van der Waals surface area contributed by atoms with Crippen molar-refractivity contribution in [3.8, 4) is 5.75 Å². The molecule has 0 aliphatic heterocycles. The Kier molecular flexibility index (Phi) is 7.37. The number of hydrogen-bond donors (Lipinski definition) is 2. The molecule has 0 fully saturated rings. The number of nitrogens with one attached hydrogen (secondary N) is 2. The molecule has 3 rings (SSSR count). The molecular weight excluding hydrogens is 482 g/mol. The molecule has 1 heterocycles. The Labute approximate surface area is 197 Å². The van der Waals surface area contributed by atoms with Crippen LogP contribution in [0, 0.1) is 0 Å². The maximum Gasteiger partial charge on any atom is 0.264 e. The summed E-state index contributed by atoms with van der Waals surface area (Å²) in [6.07, 6.45) is 3.80. The normalized spacial score (nSPS) is 12.4. The average Bonchev–Trinajstić information content (AvgIpc) is 2.79. The SMILES string of the molecule is COc1ccc(N([C@H](C)C(=O)Nc2ccc(S(=O)(=O)Nc3ncccn3)cc2)S(C)(=O)=O)cc1. The Bertz CT molecular complexity index is 1350. The van der Waals surface area contributed by atoms with Crippen LogP contribution in [0.5, 0.6) is 5.75 Å². The first-order chi connectivity index (χ1) is 16.0. The molecule has 11 nitrogen and oxygen atoms in total. The molecule has 0 spiro atoms. The molecule has 1 aromatic heterocycles. The van der Waals surface area contributed by atoms with Gasteiger partial charge in [-0.2, -0.15) is 0 Å². The zero-order valence-electron chi connectivity index (χ0n) is 18.5. The number of nitrogens with zero attached hydrogens (tertiary/aromatic N) is 3. The number of anilines is 3. The highest BCUT2D eigenvalue weighted by Crippen LogP contribution is 2.24. The van der Waals surface area contributed by atoms with Crippen molar-refractivity contribution >= 4 is 43.3 Å². The standard InChI is InChI=1S/C21H23N5O6S2/c1-15(26(33(3,28)29)17-7-9-18(32-2)10-8-17)20(27)24-16-5-11-19(12-6-16)34(30,31)25-21-22-13-4-14-23-21/h4-15H,1-3H3,(H,24,27)(H,22,23,25)/t15-/m1/s1. The fraction of sp³-hybridized carbons (Fsp3) is 0.190. The molecule has 34 heavy (non-hydrogen) atoms. The topological polar surface area (TPSA) is 148 Å². The highest BCUT2D eigenvalue weighted by Gasteiger charge is 2.29. The minimum atomic E-state index is -3.93. The smallest absolute Gasteiger partial charge is 0.264 e. The van der Waals surface area contributed by atoms with E-state index in [0.717, 1.165) is 10.6 Å². The summed E-state index contributed by atoms with van der Waals surface area (Å²) in [6, 6.07) is 12.1. The Morgan fingerprint density at radius 3 is 2.09 bits per heavy atom. The second-order valence-electron chi connectivity index (χ2n) is 7.12. The summed E-state index contributed by atoms with van der Waals surface area (Å²) in [6.45, 7) is 1.45. The van der Waals surface area contributed by atoms with Crippen molar-refractivity contribution in [3.63, 3.8) is 0 Å². The van der Waals surface area contributed by atoms with E-state index >= 15 is 0 Å². The van der Waals surface area contributed by atoms with Gasteiger partial charge < -0.3 is 10.1 Å². The average molecular weight is 506 g/mol. The molecule has 0 aliphatic carbocycles. The van der Waals surface area contributed by atoms with Gasteiger partial charge in [0, 0.05) is 18.1 Å². The van der Waals surface area contributed by atoms with Gasteiger partial charge in [0.1, 0.15) is 11.8 Å². The molecule has 1 atom stereocenters. The van der Waals surface area contributed by atoms with Crippen LogP contribution < -0.4 is 19.1 Å². The predicted octanol–water partition coefficient (Wildman–Crippen LogP) is 2.08. The van der Waals surface area contributed by atoms with E-state index in [4.69, 9.17) is 4.74 Å². The van der Waals surface area contributed by atoms with E-state index < -0.39 is 32.0 Å². The van der Waals surface area contributed by atoms with Crippen LogP contribution in [0.2, 0.25) is 0 Å². The van der Waals surface area contributed by atoms with Gasteiger partial charge in [0.15, 0.2) is 0 Å². The van der Waals surface area contributed by atoms with Crippen LogP contribution in [-0.2, 0) is 24.8 Å². The fourth-order valence-corrected chi connectivity index (χ4v) is 5.17. The predicted molar refractivity (Wildman–Crippen MR) is 128 cm³/mol. The summed E-state index contributed by atoms with van der Waals surface area (Å²) in [5.74, 6) is -0.140. The van der Waals surface area contributed by atoms with E-state index in [2.05, 4.69) is 20.0 Å². The molecule has 2 aromatic carbocycles. The molecule has 0 aliphatic rings. The summed E-state index contributed by atoms with van der Waals surface area (Å²) >= 11 is 0. The highest BCUT2D eigenvalue weighted by atomic mass is 32.2. The zero-order valence-corrected chi connectivity index (χ0v) is 20.2. The van der Waals surface area contributed by atoms with Gasteiger partial charge in [-0.05, 0) is 61.5 Å². The Balaban J connectivity index is 1.75. The van der Waals surface area contributed by atoms with Gasteiger partial charge in [0.2, 0.25) is 21.9 Å². The van der Waals surface area contributed by atoms with Crippen LogP contribution in [0.15, 0.2) is 71.9 Å². The fourth-order valence-electron chi connectivity index (χ4n) is 3.03. The third-order valence-corrected chi connectivity index (χ3v) is 7.22. The van der Waals surface area contributed by atoms with E-state index in [1.807, 2.05) is 0 Å². The molecule has 2 N–H and O–H groups in total. The molecule has 13 heteroatoms. The number of methoxy groups -OCH3 is 1. The Morgan fingerprint density at radius 1 is 0.971 bits per heavy atom. The second kappa shape index (κ2) is 10.1. The van der Waals surface area contributed by atoms with Crippen LogP contribution in [0.1, 0.15) is 6.92 Å². The van der Waals surface area contributed by atoms with Crippen LogP contribution in [-0.4, -0.2) is 52.1 Å². The molecule has 1 amide bonds. The first kappa shape index (κ1) is 24.9. The number of rotatable bonds is 9. The minimum absolute atomic E-state index is 0.0676. The van der Waals surface area contributed by atoms with Crippen molar-refractivity contribution in [3.05, 3.63) is 67.0 Å². The molecular formula is C21H23N5O6S2. The first-order valence-corrected chi connectivity index (χ1v) is 13.2. The van der Waals surface area contributed by atoms with Crippen molar-refractivity contribution in [2.24, 2.45) is 0 Å². The van der Waals surface area contributed by atoms with Crippen molar-refractivity contribution < 1.29 is 26.4 Å². The monoisotopic (exact) mass is 505 g/mol. The number of hydrogen-bond acceptors (Lipinski definition) is 8. The van der Waals surface area contributed by atoms with Gasteiger partial charge in [0.05, 0.1) is 23.9 Å². The van der Waals surface area contributed by atoms with Crippen molar-refractivity contribution in [2.75, 3.05) is 27.7 Å². The van der Waals surface area contributed by atoms with Gasteiger partial charge in [0.25, 0.3) is 10.0 Å². The zero-order chi connectivity index (χ0) is 24.9. The number of benzene rings is 2. The second-order valence-corrected chi connectivity index (χ2v) is 10.7. The lowest BCUT2D eigenvalue weighted by molar-refractivity contribution is -0.116. The maximum absolute atomic E-state index is 12.8. The quantitative estimate of drug-likeness (QED) is 0.449. The van der Waals surface area contributed by atoms with Crippen molar-refractivity contribution in [2.45, 2.75) is 17.9 Å². The lowest BCUT2D eigenvalue weighted by atomic mass is 10.2. The van der Waals surface area contributed by atoms with Gasteiger partial charge >= 0.3 is 0 Å². The van der Waals surface area contributed by atoms with Crippen molar-refractivity contribution in [1.29, 1.82) is 0 Å². The molecule has 0 saturated heterocycles. The molecule has 0 saturated carbocycles. The summed E-state index contributed by atoms with van der Waals surface area (Å²) in [5.41, 5.74) is 0.580. The highest BCUT2D eigenvalue weighted by molar-refractivity contribution is 7.92. The largest absolute Gasteiger partial charge is 0.497 e. The molecule has 180 valence electrons. The molecule has 3 aromatic rings. The number of sulfonamides is 2. The number of amides is 1. The van der Waals surface area contributed by atoms with Crippen LogP contribution >= 0.6 is 0 Å². The van der Waals surface area contributed by atoms with E-state index in [1.165, 1.54) is 62.8 Å².